The SMILES string of the molecule is Cc1noc(C)c1S(=O)(=O)N1CCCC(C(=O)OCC(=O)N(C)Cc2ccc(N(C)C)cc2)C1. The van der Waals surface area contributed by atoms with E-state index in [1.807, 2.05) is 43.3 Å². The topological polar surface area (TPSA) is 113 Å². The van der Waals surface area contributed by atoms with Gasteiger partial charge in [-0.05, 0) is 44.4 Å². The normalized spacial score (nSPS) is 16.8. The fourth-order valence-corrected chi connectivity index (χ4v) is 5.76. The van der Waals surface area contributed by atoms with Crippen LogP contribution in [0, 0.1) is 19.8 Å². The molecule has 2 heterocycles. The van der Waals surface area contributed by atoms with Gasteiger partial charge in [0.2, 0.25) is 10.0 Å². The van der Waals surface area contributed by atoms with Crippen molar-refractivity contribution >= 4 is 27.6 Å². The van der Waals surface area contributed by atoms with Gasteiger partial charge in [0.05, 0.1) is 5.92 Å². The molecule has 1 atom stereocenters. The van der Waals surface area contributed by atoms with Crippen LogP contribution in [0.2, 0.25) is 0 Å². The van der Waals surface area contributed by atoms with Gasteiger partial charge in [-0.25, -0.2) is 8.42 Å². The molecule has 0 radical (unpaired) electrons. The van der Waals surface area contributed by atoms with Crippen molar-refractivity contribution < 1.29 is 27.3 Å². The third-order valence-corrected chi connectivity index (χ3v) is 8.03. The standard InChI is InChI=1S/C23H32N4O6S/c1-16-22(17(2)33-24-16)34(30,31)27-12-6-7-19(14-27)23(29)32-15-21(28)26(5)13-18-8-10-20(11-9-18)25(3)4/h8-11,19H,6-7,12-15H2,1-5H3. The number of carbonyl (C=O) groups is 2. The Hall–Kier alpha value is -2.92. The third kappa shape index (κ3) is 5.76. The van der Waals surface area contributed by atoms with E-state index in [4.69, 9.17) is 9.26 Å². The molecule has 2 aromatic rings. The molecule has 0 bridgehead atoms. The van der Waals surface area contributed by atoms with E-state index < -0.39 is 28.5 Å². The summed E-state index contributed by atoms with van der Waals surface area (Å²) in [6, 6.07) is 7.83. The van der Waals surface area contributed by atoms with E-state index in [1.165, 1.54) is 9.21 Å². The van der Waals surface area contributed by atoms with Crippen LogP contribution in [0.25, 0.3) is 0 Å². The summed E-state index contributed by atoms with van der Waals surface area (Å²) in [6.45, 7) is 3.40. The molecule has 0 N–H and O–H groups in total. The summed E-state index contributed by atoms with van der Waals surface area (Å²) < 4.78 is 37.6. The molecule has 10 nitrogen and oxygen atoms in total. The number of carbonyl (C=O) groups excluding carboxylic acids is 2. The number of hydrogen-bond acceptors (Lipinski definition) is 8. The van der Waals surface area contributed by atoms with Crippen molar-refractivity contribution in [2.75, 3.05) is 45.7 Å². The molecule has 186 valence electrons. The Balaban J connectivity index is 1.54. The minimum Gasteiger partial charge on any atom is -0.455 e. The number of aromatic nitrogens is 1. The van der Waals surface area contributed by atoms with E-state index in [1.54, 1.807) is 20.9 Å². The molecule has 1 aromatic heterocycles. The lowest BCUT2D eigenvalue weighted by Gasteiger charge is -2.30. The number of sulfonamides is 1. The van der Waals surface area contributed by atoms with Crippen LogP contribution in [-0.2, 0) is 30.9 Å². The number of piperidine rings is 1. The molecule has 0 spiro atoms. The van der Waals surface area contributed by atoms with Gasteiger partial charge in [-0.2, -0.15) is 4.31 Å². The third-order valence-electron chi connectivity index (χ3n) is 5.92. The molecule has 3 rings (SSSR count). The molecule has 1 amide bonds. The number of rotatable bonds is 8. The van der Waals surface area contributed by atoms with Crippen molar-refractivity contribution in [3.05, 3.63) is 41.3 Å². The zero-order valence-corrected chi connectivity index (χ0v) is 21.1. The van der Waals surface area contributed by atoms with Crippen LogP contribution in [0.15, 0.2) is 33.7 Å². The zero-order valence-electron chi connectivity index (χ0n) is 20.3. The van der Waals surface area contributed by atoms with E-state index in [2.05, 4.69) is 5.16 Å². The van der Waals surface area contributed by atoms with Crippen molar-refractivity contribution in [2.45, 2.75) is 38.1 Å². The quantitative estimate of drug-likeness (QED) is 0.514. The van der Waals surface area contributed by atoms with Crippen LogP contribution in [0.4, 0.5) is 5.69 Å². The monoisotopic (exact) mass is 492 g/mol. The summed E-state index contributed by atoms with van der Waals surface area (Å²) in [5.74, 6) is -1.33. The molecule has 1 unspecified atom stereocenters. The van der Waals surface area contributed by atoms with Gasteiger partial charge in [0, 0.05) is 46.5 Å². The summed E-state index contributed by atoms with van der Waals surface area (Å²) in [5.41, 5.74) is 2.30. The zero-order chi connectivity index (χ0) is 25.0. The molecule has 0 saturated carbocycles. The van der Waals surface area contributed by atoms with Crippen LogP contribution in [-0.4, -0.2) is 75.5 Å². The summed E-state index contributed by atoms with van der Waals surface area (Å²) >= 11 is 0. The maximum atomic E-state index is 13.1. The highest BCUT2D eigenvalue weighted by atomic mass is 32.2. The number of likely N-dealkylation sites (N-methyl/N-ethyl adjacent to an activating group) is 1. The van der Waals surface area contributed by atoms with Gasteiger partial charge in [-0.1, -0.05) is 17.3 Å². The first-order valence-corrected chi connectivity index (χ1v) is 12.5. The van der Waals surface area contributed by atoms with Gasteiger partial charge < -0.3 is 19.1 Å². The second kappa shape index (κ2) is 10.6. The van der Waals surface area contributed by atoms with Crippen LogP contribution in [0.3, 0.4) is 0 Å². The number of hydrogen-bond donors (Lipinski definition) is 0. The molecule has 1 aliphatic rings. The smallest absolute Gasteiger partial charge is 0.310 e. The second-order valence-electron chi connectivity index (χ2n) is 8.77. The second-order valence-corrected chi connectivity index (χ2v) is 10.6. The number of anilines is 1. The summed E-state index contributed by atoms with van der Waals surface area (Å²) in [4.78, 5) is 28.6. The van der Waals surface area contributed by atoms with Gasteiger partial charge in [-0.15, -0.1) is 0 Å². The van der Waals surface area contributed by atoms with Crippen molar-refractivity contribution in [3.8, 4) is 0 Å². The maximum Gasteiger partial charge on any atom is 0.310 e. The minimum atomic E-state index is -3.84. The highest BCUT2D eigenvalue weighted by Gasteiger charge is 2.37. The molecule has 11 heteroatoms. The number of esters is 1. The van der Waals surface area contributed by atoms with Crippen molar-refractivity contribution in [3.63, 3.8) is 0 Å². The van der Waals surface area contributed by atoms with Crippen molar-refractivity contribution in [1.29, 1.82) is 0 Å². The molecule has 34 heavy (non-hydrogen) atoms. The Labute approximate surface area is 200 Å². The largest absolute Gasteiger partial charge is 0.455 e. The van der Waals surface area contributed by atoms with E-state index in [9.17, 15) is 18.0 Å². The van der Waals surface area contributed by atoms with Gasteiger partial charge in [0.15, 0.2) is 12.4 Å². The molecular weight excluding hydrogens is 460 g/mol. The van der Waals surface area contributed by atoms with Gasteiger partial charge in [0.25, 0.3) is 5.91 Å². The van der Waals surface area contributed by atoms with Crippen LogP contribution in [0.1, 0.15) is 29.9 Å². The predicted molar refractivity (Wildman–Crippen MR) is 126 cm³/mol. The molecule has 0 aliphatic carbocycles. The summed E-state index contributed by atoms with van der Waals surface area (Å²) in [6.07, 6.45) is 1.01. The Morgan fingerprint density at radius 3 is 2.44 bits per heavy atom. The average Bonchev–Trinajstić information content (AvgIpc) is 3.16. The summed E-state index contributed by atoms with van der Waals surface area (Å²) in [7, 11) is 1.71. The molecule has 1 fully saturated rings. The van der Waals surface area contributed by atoms with E-state index >= 15 is 0 Å². The number of ether oxygens (including phenoxy) is 1. The first kappa shape index (κ1) is 25.7. The van der Waals surface area contributed by atoms with E-state index in [0.717, 1.165) is 11.3 Å². The lowest BCUT2D eigenvalue weighted by molar-refractivity contribution is -0.156. The van der Waals surface area contributed by atoms with Crippen LogP contribution in [0.5, 0.6) is 0 Å². The maximum absolute atomic E-state index is 13.1. The van der Waals surface area contributed by atoms with Crippen molar-refractivity contribution in [1.82, 2.24) is 14.4 Å². The first-order chi connectivity index (χ1) is 16.0. The highest BCUT2D eigenvalue weighted by molar-refractivity contribution is 7.89. The van der Waals surface area contributed by atoms with Crippen LogP contribution < -0.4 is 4.90 Å². The molecular formula is C23H32N4O6S. The molecule has 1 aliphatic heterocycles. The summed E-state index contributed by atoms with van der Waals surface area (Å²) in [5, 5.41) is 3.72. The first-order valence-electron chi connectivity index (χ1n) is 11.1. The Kier molecular flexibility index (Phi) is 7.98. The Morgan fingerprint density at radius 2 is 1.85 bits per heavy atom. The van der Waals surface area contributed by atoms with Crippen molar-refractivity contribution in [2.24, 2.45) is 5.92 Å². The Morgan fingerprint density at radius 1 is 1.18 bits per heavy atom. The predicted octanol–water partition coefficient (Wildman–Crippen LogP) is 1.96. The lowest BCUT2D eigenvalue weighted by atomic mass is 10.00. The molecule has 1 aromatic carbocycles. The Bertz CT molecular complexity index is 1110. The number of aryl methyl sites for hydroxylation is 2. The number of benzene rings is 1. The lowest BCUT2D eigenvalue weighted by Crippen LogP contribution is -2.43. The number of amides is 1. The van der Waals surface area contributed by atoms with Gasteiger partial charge in [-0.3, -0.25) is 9.59 Å². The highest BCUT2D eigenvalue weighted by Crippen LogP contribution is 2.28. The fourth-order valence-electron chi connectivity index (χ4n) is 3.95. The van der Waals surface area contributed by atoms with E-state index in [-0.39, 0.29) is 28.8 Å². The van der Waals surface area contributed by atoms with Gasteiger partial charge in [0.1, 0.15) is 10.6 Å². The molecule has 1 saturated heterocycles. The minimum absolute atomic E-state index is 0.00647. The average molecular weight is 493 g/mol. The van der Waals surface area contributed by atoms with E-state index in [0.29, 0.717) is 25.9 Å². The van der Waals surface area contributed by atoms with Gasteiger partial charge >= 0.3 is 5.97 Å². The van der Waals surface area contributed by atoms with Crippen LogP contribution >= 0.6 is 0 Å². The number of nitrogens with zero attached hydrogens (tertiary/aromatic N) is 4. The fraction of sp³-hybridized carbons (Fsp3) is 0.522.